The van der Waals surface area contributed by atoms with Crippen LogP contribution >= 0.6 is 0 Å². The molecule has 0 aromatic heterocycles. The van der Waals surface area contributed by atoms with Crippen molar-refractivity contribution in [2.75, 3.05) is 6.61 Å². The summed E-state index contributed by atoms with van der Waals surface area (Å²) in [6.07, 6.45) is 1.61. The zero-order valence-electron chi connectivity index (χ0n) is 9.33. The third-order valence-electron chi connectivity index (χ3n) is 2.89. The van der Waals surface area contributed by atoms with Crippen LogP contribution in [0.1, 0.15) is 25.3 Å². The summed E-state index contributed by atoms with van der Waals surface area (Å²) in [5, 5.41) is 0. The topological polar surface area (TPSA) is 26.3 Å². The van der Waals surface area contributed by atoms with Crippen molar-refractivity contribution in [2.45, 2.75) is 31.8 Å². The van der Waals surface area contributed by atoms with E-state index >= 15 is 0 Å². The average Bonchev–Trinajstić information content (AvgIpc) is 2.21. The number of benzene rings is 1. The maximum atomic E-state index is 12.7. The molecule has 1 aliphatic rings. The van der Waals surface area contributed by atoms with Crippen LogP contribution in [0.4, 0.5) is 4.39 Å². The van der Waals surface area contributed by atoms with Gasteiger partial charge in [0.15, 0.2) is 0 Å². The first kappa shape index (κ1) is 11.3. The molecule has 0 bridgehead atoms. The van der Waals surface area contributed by atoms with E-state index in [0.29, 0.717) is 25.9 Å². The van der Waals surface area contributed by atoms with E-state index in [1.54, 1.807) is 12.1 Å². The highest BCUT2D eigenvalue weighted by Crippen LogP contribution is 2.26. The van der Waals surface area contributed by atoms with Crippen LogP contribution in [0.2, 0.25) is 0 Å². The van der Waals surface area contributed by atoms with Gasteiger partial charge in [0.05, 0.1) is 12.2 Å². The minimum Gasteiger partial charge on any atom is -0.374 e. The van der Waals surface area contributed by atoms with E-state index in [4.69, 9.17) is 4.74 Å². The quantitative estimate of drug-likeness (QED) is 0.768. The highest BCUT2D eigenvalue weighted by atomic mass is 19.1. The fraction of sp³-hybridized carbons (Fsp3) is 0.462. The molecule has 0 spiro atoms. The maximum Gasteiger partial charge on any atom is 0.138 e. The van der Waals surface area contributed by atoms with Gasteiger partial charge in [-0.3, -0.25) is 4.79 Å². The van der Waals surface area contributed by atoms with E-state index in [0.717, 1.165) is 5.56 Å². The molecule has 1 fully saturated rings. The van der Waals surface area contributed by atoms with Crippen molar-refractivity contribution in [3.63, 3.8) is 0 Å². The summed E-state index contributed by atoms with van der Waals surface area (Å²) in [5.74, 6) is 0.00500. The van der Waals surface area contributed by atoms with Gasteiger partial charge < -0.3 is 4.74 Å². The number of ether oxygens (including phenoxy) is 1. The van der Waals surface area contributed by atoms with E-state index in [9.17, 15) is 9.18 Å². The molecule has 1 aromatic rings. The molecule has 1 unspecified atom stereocenters. The molecule has 1 heterocycles. The summed E-state index contributed by atoms with van der Waals surface area (Å²) < 4.78 is 18.4. The fourth-order valence-electron chi connectivity index (χ4n) is 2.12. The molecule has 2 rings (SSSR count). The molecule has 0 saturated carbocycles. The van der Waals surface area contributed by atoms with Gasteiger partial charge in [0, 0.05) is 19.3 Å². The SMILES string of the molecule is CC1(Cc2ccc(F)cc2)CC(=O)CCO1. The van der Waals surface area contributed by atoms with Gasteiger partial charge in [0.2, 0.25) is 0 Å². The molecular weight excluding hydrogens is 207 g/mol. The van der Waals surface area contributed by atoms with E-state index in [1.807, 2.05) is 6.92 Å². The highest BCUT2D eigenvalue weighted by Gasteiger charge is 2.32. The molecule has 1 saturated heterocycles. The number of ketones is 1. The second kappa shape index (κ2) is 4.34. The lowest BCUT2D eigenvalue weighted by Crippen LogP contribution is -2.39. The van der Waals surface area contributed by atoms with Crippen molar-refractivity contribution >= 4 is 5.78 Å². The lowest BCUT2D eigenvalue weighted by molar-refractivity contribution is -0.137. The molecule has 1 atom stereocenters. The molecule has 2 nitrogen and oxygen atoms in total. The molecule has 0 amide bonds. The van der Waals surface area contributed by atoms with Crippen molar-refractivity contribution in [1.29, 1.82) is 0 Å². The minimum absolute atomic E-state index is 0.241. The average molecular weight is 222 g/mol. The predicted molar refractivity (Wildman–Crippen MR) is 58.7 cm³/mol. The molecule has 1 aliphatic heterocycles. The lowest BCUT2D eigenvalue weighted by Gasteiger charge is -2.33. The number of hydrogen-bond donors (Lipinski definition) is 0. The number of rotatable bonds is 2. The number of carbonyl (C=O) groups is 1. The monoisotopic (exact) mass is 222 g/mol. The second-order valence-electron chi connectivity index (χ2n) is 4.57. The molecule has 0 aliphatic carbocycles. The van der Waals surface area contributed by atoms with Gasteiger partial charge in [0.25, 0.3) is 0 Å². The molecule has 1 aromatic carbocycles. The van der Waals surface area contributed by atoms with Crippen molar-refractivity contribution < 1.29 is 13.9 Å². The Balaban J connectivity index is 2.08. The third-order valence-corrected chi connectivity index (χ3v) is 2.89. The number of hydrogen-bond acceptors (Lipinski definition) is 2. The first-order valence-corrected chi connectivity index (χ1v) is 5.48. The molecule has 0 radical (unpaired) electrons. The van der Waals surface area contributed by atoms with Gasteiger partial charge in [-0.1, -0.05) is 12.1 Å². The minimum atomic E-state index is -0.423. The molecule has 16 heavy (non-hydrogen) atoms. The Morgan fingerprint density at radius 2 is 2.06 bits per heavy atom. The van der Waals surface area contributed by atoms with E-state index in [1.165, 1.54) is 12.1 Å². The Hall–Kier alpha value is -1.22. The lowest BCUT2D eigenvalue weighted by atomic mass is 9.88. The van der Waals surface area contributed by atoms with Crippen molar-refractivity contribution in [3.05, 3.63) is 35.6 Å². The largest absolute Gasteiger partial charge is 0.374 e. The van der Waals surface area contributed by atoms with Crippen LogP contribution in [0.15, 0.2) is 24.3 Å². The van der Waals surface area contributed by atoms with Crippen LogP contribution in [-0.2, 0) is 16.0 Å². The summed E-state index contributed by atoms with van der Waals surface area (Å²) in [6.45, 7) is 2.43. The number of halogens is 1. The van der Waals surface area contributed by atoms with Crippen LogP contribution in [0.5, 0.6) is 0 Å². The van der Waals surface area contributed by atoms with Crippen molar-refractivity contribution in [2.24, 2.45) is 0 Å². The predicted octanol–water partition coefficient (Wildman–Crippen LogP) is 2.51. The summed E-state index contributed by atoms with van der Waals surface area (Å²) in [7, 11) is 0. The second-order valence-corrected chi connectivity index (χ2v) is 4.57. The molecule has 0 N–H and O–H groups in total. The normalized spacial score (nSPS) is 25.8. The van der Waals surface area contributed by atoms with E-state index in [-0.39, 0.29) is 11.6 Å². The molecular formula is C13H15FO2. The summed E-state index contributed by atoms with van der Waals surface area (Å²) in [4.78, 5) is 11.4. The maximum absolute atomic E-state index is 12.7. The zero-order chi connectivity index (χ0) is 11.6. The third kappa shape index (κ3) is 2.67. The Bertz CT molecular complexity index is 385. The van der Waals surface area contributed by atoms with Gasteiger partial charge >= 0.3 is 0 Å². The van der Waals surface area contributed by atoms with E-state index in [2.05, 4.69) is 0 Å². The van der Waals surface area contributed by atoms with Crippen molar-refractivity contribution in [1.82, 2.24) is 0 Å². The summed E-state index contributed by atoms with van der Waals surface area (Å²) >= 11 is 0. The van der Waals surface area contributed by atoms with Gasteiger partial charge in [-0.25, -0.2) is 4.39 Å². The number of Topliss-reactive ketones (excluding diaryl/α,β-unsaturated/α-hetero) is 1. The smallest absolute Gasteiger partial charge is 0.138 e. The zero-order valence-corrected chi connectivity index (χ0v) is 9.33. The van der Waals surface area contributed by atoms with E-state index < -0.39 is 5.60 Å². The first-order valence-electron chi connectivity index (χ1n) is 5.48. The molecule has 3 heteroatoms. The van der Waals surface area contributed by atoms with Crippen molar-refractivity contribution in [3.8, 4) is 0 Å². The molecule has 86 valence electrons. The van der Waals surface area contributed by atoms with Crippen LogP contribution in [0.3, 0.4) is 0 Å². The van der Waals surface area contributed by atoms with Gasteiger partial charge in [-0.2, -0.15) is 0 Å². The standard InChI is InChI=1S/C13H15FO2/c1-13(9-12(15)6-7-16-13)8-10-2-4-11(14)5-3-10/h2-5H,6-9H2,1H3. The van der Waals surface area contributed by atoms with Gasteiger partial charge in [-0.05, 0) is 24.6 Å². The summed E-state index contributed by atoms with van der Waals surface area (Å²) in [5.41, 5.74) is 0.575. The Morgan fingerprint density at radius 3 is 2.69 bits per heavy atom. The Morgan fingerprint density at radius 1 is 1.38 bits per heavy atom. The number of carbonyl (C=O) groups excluding carboxylic acids is 1. The fourth-order valence-corrected chi connectivity index (χ4v) is 2.12. The van der Waals surface area contributed by atoms with Crippen LogP contribution in [0.25, 0.3) is 0 Å². The highest BCUT2D eigenvalue weighted by molar-refractivity contribution is 5.80. The van der Waals surface area contributed by atoms with Crippen LogP contribution in [0, 0.1) is 5.82 Å². The van der Waals surface area contributed by atoms with Crippen LogP contribution < -0.4 is 0 Å². The van der Waals surface area contributed by atoms with Gasteiger partial charge in [0.1, 0.15) is 11.6 Å². The Labute approximate surface area is 94.4 Å². The van der Waals surface area contributed by atoms with Crippen LogP contribution in [-0.4, -0.2) is 18.0 Å². The summed E-state index contributed by atoms with van der Waals surface area (Å²) in [6, 6.07) is 6.35. The Kier molecular flexibility index (Phi) is 3.06. The first-order chi connectivity index (χ1) is 7.57. The van der Waals surface area contributed by atoms with Gasteiger partial charge in [-0.15, -0.1) is 0 Å².